The summed E-state index contributed by atoms with van der Waals surface area (Å²) in [5.41, 5.74) is 2.20. The van der Waals surface area contributed by atoms with Gasteiger partial charge in [0.15, 0.2) is 11.9 Å². The number of ether oxygens (including phenoxy) is 1. The van der Waals surface area contributed by atoms with Gasteiger partial charge >= 0.3 is 5.97 Å². The average molecular weight is 388 g/mol. The van der Waals surface area contributed by atoms with Gasteiger partial charge in [-0.05, 0) is 18.4 Å². The minimum absolute atomic E-state index is 0.182. The maximum atomic E-state index is 12.5. The van der Waals surface area contributed by atoms with E-state index in [1.54, 1.807) is 18.3 Å². The molecule has 1 N–H and O–H groups in total. The second-order valence-corrected chi connectivity index (χ2v) is 7.40. The molecular formula is C19H19N2O3S2+. The summed E-state index contributed by atoms with van der Waals surface area (Å²) < 4.78 is 7.05. The highest BCUT2D eigenvalue weighted by Crippen LogP contribution is 2.38. The Labute approximate surface area is 159 Å². The molecule has 0 atom stereocenters. The summed E-state index contributed by atoms with van der Waals surface area (Å²) in [6.45, 7) is 4.17. The normalized spacial score (nSPS) is 10.5. The van der Waals surface area contributed by atoms with E-state index >= 15 is 0 Å². The fourth-order valence-corrected chi connectivity index (χ4v) is 4.32. The van der Waals surface area contributed by atoms with Crippen LogP contribution < -0.4 is 9.88 Å². The third-order valence-corrected chi connectivity index (χ3v) is 5.59. The number of hydrogen-bond donors (Lipinski definition) is 1. The van der Waals surface area contributed by atoms with E-state index in [2.05, 4.69) is 5.32 Å². The minimum Gasteiger partial charge on any atom is -0.462 e. The quantitative estimate of drug-likeness (QED) is 0.516. The fraction of sp³-hybridized carbons (Fsp3) is 0.211. The number of pyridine rings is 1. The zero-order valence-corrected chi connectivity index (χ0v) is 16.2. The molecule has 0 bridgehead atoms. The summed E-state index contributed by atoms with van der Waals surface area (Å²) in [5, 5.41) is 7.23. The second kappa shape index (κ2) is 8.25. The van der Waals surface area contributed by atoms with E-state index in [1.165, 1.54) is 11.3 Å². The van der Waals surface area contributed by atoms with Crippen molar-refractivity contribution >= 4 is 39.6 Å². The monoisotopic (exact) mass is 387 g/mol. The van der Waals surface area contributed by atoms with Crippen LogP contribution in [0.3, 0.4) is 0 Å². The van der Waals surface area contributed by atoms with Crippen molar-refractivity contribution in [2.75, 3.05) is 11.9 Å². The van der Waals surface area contributed by atoms with Crippen LogP contribution in [0.1, 0.15) is 23.0 Å². The summed E-state index contributed by atoms with van der Waals surface area (Å²) >= 11 is 2.88. The molecule has 7 heteroatoms. The van der Waals surface area contributed by atoms with Crippen molar-refractivity contribution in [1.82, 2.24) is 0 Å². The van der Waals surface area contributed by atoms with Gasteiger partial charge in [0.2, 0.25) is 6.54 Å². The number of thiophene rings is 2. The largest absolute Gasteiger partial charge is 0.462 e. The van der Waals surface area contributed by atoms with Crippen LogP contribution in [0.25, 0.3) is 10.4 Å². The molecule has 3 aromatic rings. The average Bonchev–Trinajstić information content (AvgIpc) is 3.26. The van der Waals surface area contributed by atoms with Gasteiger partial charge in [-0.15, -0.1) is 22.7 Å². The molecule has 0 fully saturated rings. The van der Waals surface area contributed by atoms with E-state index in [0.29, 0.717) is 10.6 Å². The molecule has 0 aliphatic carbocycles. The summed E-state index contributed by atoms with van der Waals surface area (Å²) in [6, 6.07) is 9.63. The van der Waals surface area contributed by atoms with Crippen LogP contribution >= 0.6 is 22.7 Å². The van der Waals surface area contributed by atoms with E-state index < -0.39 is 5.97 Å². The number of rotatable bonds is 6. The first kappa shape index (κ1) is 18.3. The van der Waals surface area contributed by atoms with Crippen molar-refractivity contribution in [3.63, 3.8) is 0 Å². The Morgan fingerprint density at radius 2 is 2.04 bits per heavy atom. The molecule has 0 spiro atoms. The van der Waals surface area contributed by atoms with Crippen LogP contribution in [-0.4, -0.2) is 18.5 Å². The van der Waals surface area contributed by atoms with Gasteiger partial charge in [0.05, 0.1) is 6.61 Å². The highest BCUT2D eigenvalue weighted by molar-refractivity contribution is 7.17. The van der Waals surface area contributed by atoms with E-state index in [0.717, 1.165) is 16.1 Å². The van der Waals surface area contributed by atoms with Gasteiger partial charge in [-0.25, -0.2) is 4.79 Å². The molecule has 134 valence electrons. The number of anilines is 1. The number of carbonyl (C=O) groups excluding carboxylic acids is 2. The molecule has 0 aliphatic heterocycles. The lowest BCUT2D eigenvalue weighted by Gasteiger charge is -2.07. The van der Waals surface area contributed by atoms with Crippen LogP contribution in [0.15, 0.2) is 47.3 Å². The lowest BCUT2D eigenvalue weighted by Crippen LogP contribution is -2.42. The molecule has 1 amide bonds. The van der Waals surface area contributed by atoms with Gasteiger partial charge in [0.1, 0.15) is 10.6 Å². The molecule has 0 aliphatic rings. The Morgan fingerprint density at radius 3 is 2.73 bits per heavy atom. The molecule has 3 rings (SSSR count). The molecule has 5 nitrogen and oxygen atoms in total. The number of esters is 1. The molecule has 26 heavy (non-hydrogen) atoms. The number of nitrogens with one attached hydrogen (secondary N) is 1. The van der Waals surface area contributed by atoms with Crippen LogP contribution in [-0.2, 0) is 16.1 Å². The van der Waals surface area contributed by atoms with Gasteiger partial charge in [-0.3, -0.25) is 4.79 Å². The van der Waals surface area contributed by atoms with Crippen LogP contribution in [0.4, 0.5) is 5.00 Å². The molecular weight excluding hydrogens is 368 g/mol. The molecule has 0 saturated heterocycles. The van der Waals surface area contributed by atoms with Crippen molar-refractivity contribution in [2.45, 2.75) is 20.4 Å². The third kappa shape index (κ3) is 4.00. The lowest BCUT2D eigenvalue weighted by atomic mass is 10.1. The van der Waals surface area contributed by atoms with Crippen LogP contribution in [0.2, 0.25) is 0 Å². The number of amides is 1. The fourth-order valence-electron chi connectivity index (χ4n) is 2.53. The first-order valence-corrected chi connectivity index (χ1v) is 9.93. The van der Waals surface area contributed by atoms with E-state index in [1.807, 2.05) is 58.8 Å². The predicted octanol–water partition coefficient (Wildman–Crippen LogP) is 3.89. The third-order valence-electron chi connectivity index (χ3n) is 3.79. The summed E-state index contributed by atoms with van der Waals surface area (Å²) in [4.78, 5) is 25.9. The zero-order valence-electron chi connectivity index (χ0n) is 14.5. The Bertz CT molecular complexity index is 917. The molecule has 3 aromatic heterocycles. The summed E-state index contributed by atoms with van der Waals surface area (Å²) in [5.74, 6) is -0.606. The van der Waals surface area contributed by atoms with Crippen LogP contribution in [0, 0.1) is 6.92 Å². The topological polar surface area (TPSA) is 59.3 Å². The minimum atomic E-state index is -0.420. The SMILES string of the molecule is CCOC(=O)c1c(-c2cccs2)csc1NC(=O)C[n+]1ccccc1C. The predicted molar refractivity (Wildman–Crippen MR) is 104 cm³/mol. The van der Waals surface area contributed by atoms with E-state index in [4.69, 9.17) is 4.74 Å². The van der Waals surface area contributed by atoms with Crippen molar-refractivity contribution in [1.29, 1.82) is 0 Å². The lowest BCUT2D eigenvalue weighted by molar-refractivity contribution is -0.690. The number of nitrogens with zero attached hydrogens (tertiary/aromatic N) is 1. The maximum Gasteiger partial charge on any atom is 0.341 e. The molecule has 0 aromatic carbocycles. The number of hydrogen-bond acceptors (Lipinski definition) is 5. The molecule has 0 unspecified atom stereocenters. The smallest absolute Gasteiger partial charge is 0.341 e. The molecule has 3 heterocycles. The van der Waals surface area contributed by atoms with E-state index in [9.17, 15) is 9.59 Å². The molecule has 0 saturated carbocycles. The number of carbonyl (C=O) groups is 2. The van der Waals surface area contributed by atoms with Crippen LogP contribution in [0.5, 0.6) is 0 Å². The first-order chi connectivity index (χ1) is 12.6. The van der Waals surface area contributed by atoms with E-state index in [-0.39, 0.29) is 19.1 Å². The van der Waals surface area contributed by atoms with Crippen molar-refractivity contribution in [2.24, 2.45) is 0 Å². The Kier molecular flexibility index (Phi) is 5.80. The standard InChI is InChI=1S/C19H18N2O3S2/c1-3-24-19(23)17-14(15-8-6-10-25-15)12-26-18(17)20-16(22)11-21-9-5-4-7-13(21)2/h4-10,12H,3,11H2,1-2H3/p+1. The summed E-state index contributed by atoms with van der Waals surface area (Å²) in [6.07, 6.45) is 1.85. The van der Waals surface area contributed by atoms with Gasteiger partial charge in [-0.2, -0.15) is 4.57 Å². The first-order valence-electron chi connectivity index (χ1n) is 8.17. The molecule has 0 radical (unpaired) electrons. The Morgan fingerprint density at radius 1 is 1.19 bits per heavy atom. The highest BCUT2D eigenvalue weighted by Gasteiger charge is 2.24. The van der Waals surface area contributed by atoms with Gasteiger partial charge < -0.3 is 10.1 Å². The highest BCUT2D eigenvalue weighted by atomic mass is 32.1. The van der Waals surface area contributed by atoms with Gasteiger partial charge in [-0.1, -0.05) is 12.1 Å². The second-order valence-electron chi connectivity index (χ2n) is 5.57. The Hall–Kier alpha value is -2.51. The zero-order chi connectivity index (χ0) is 18.5. The summed E-state index contributed by atoms with van der Waals surface area (Å²) in [7, 11) is 0. The van der Waals surface area contributed by atoms with Gasteiger partial charge in [0.25, 0.3) is 5.91 Å². The number of aromatic nitrogens is 1. The van der Waals surface area contributed by atoms with Crippen molar-refractivity contribution in [3.05, 3.63) is 58.5 Å². The Balaban J connectivity index is 1.86. The van der Waals surface area contributed by atoms with Crippen molar-refractivity contribution in [3.8, 4) is 10.4 Å². The maximum absolute atomic E-state index is 12.5. The van der Waals surface area contributed by atoms with Gasteiger partial charge in [0, 0.05) is 34.9 Å². The van der Waals surface area contributed by atoms with Crippen molar-refractivity contribution < 1.29 is 18.9 Å². The number of aryl methyl sites for hydroxylation is 1.